The molecule has 0 saturated carbocycles. The van der Waals surface area contributed by atoms with Crippen LogP contribution in [0.2, 0.25) is 0 Å². The zero-order valence-corrected chi connectivity index (χ0v) is 12.0. The maximum absolute atomic E-state index is 11.3. The third kappa shape index (κ3) is 2.99. The van der Waals surface area contributed by atoms with Crippen LogP contribution >= 0.6 is 0 Å². The summed E-state index contributed by atoms with van der Waals surface area (Å²) in [5.74, 6) is -0.422. The third-order valence-electron chi connectivity index (χ3n) is 3.45. The Bertz CT molecular complexity index is 676. The minimum Gasteiger partial charge on any atom is -0.507 e. The topological polar surface area (TPSA) is 87.0 Å². The first-order valence-electron chi connectivity index (χ1n) is 6.61. The predicted molar refractivity (Wildman–Crippen MR) is 77.9 cm³/mol. The van der Waals surface area contributed by atoms with Crippen LogP contribution in [0.3, 0.4) is 0 Å². The van der Waals surface area contributed by atoms with Gasteiger partial charge in [0, 0.05) is 5.39 Å². The first-order chi connectivity index (χ1) is 9.97. The molecule has 2 aromatic rings. The minimum atomic E-state index is -0.826. The summed E-state index contributed by atoms with van der Waals surface area (Å²) in [6, 6.07) is 6.68. The number of phenolic OH excluding ortho intramolecular Hbond substituents is 1. The molecule has 0 aromatic heterocycles. The minimum absolute atomic E-state index is 0.0300. The van der Waals surface area contributed by atoms with Gasteiger partial charge in [-0.25, -0.2) is 0 Å². The SMILES string of the molecule is COC(=O)Cc1cc(O)c2c(C(C)O)c(CO)ccc2c1. The summed E-state index contributed by atoms with van der Waals surface area (Å²) >= 11 is 0. The molecular weight excluding hydrogens is 272 g/mol. The van der Waals surface area contributed by atoms with E-state index in [9.17, 15) is 20.1 Å². The molecule has 1 unspecified atom stereocenters. The third-order valence-corrected chi connectivity index (χ3v) is 3.45. The summed E-state index contributed by atoms with van der Waals surface area (Å²) < 4.78 is 4.61. The lowest BCUT2D eigenvalue weighted by Gasteiger charge is -2.16. The van der Waals surface area contributed by atoms with Crippen molar-refractivity contribution in [1.82, 2.24) is 0 Å². The Morgan fingerprint density at radius 1 is 1.33 bits per heavy atom. The molecule has 5 nitrogen and oxygen atoms in total. The number of benzene rings is 2. The summed E-state index contributed by atoms with van der Waals surface area (Å²) in [5, 5.41) is 30.7. The normalized spacial score (nSPS) is 12.4. The van der Waals surface area contributed by atoms with E-state index in [1.807, 2.05) is 0 Å². The smallest absolute Gasteiger partial charge is 0.309 e. The lowest BCUT2D eigenvalue weighted by atomic mass is 9.93. The van der Waals surface area contributed by atoms with Crippen molar-refractivity contribution >= 4 is 16.7 Å². The fourth-order valence-corrected chi connectivity index (χ4v) is 2.53. The summed E-state index contributed by atoms with van der Waals surface area (Å²) in [5.41, 5.74) is 1.69. The standard InChI is InChI=1S/C16H18O5/c1-9(18)15-12(8-17)4-3-11-5-10(7-14(20)21-2)6-13(19)16(11)15/h3-6,9,17-19H,7-8H2,1-2H3. The molecular formula is C16H18O5. The van der Waals surface area contributed by atoms with Crippen LogP contribution in [-0.4, -0.2) is 28.4 Å². The zero-order chi connectivity index (χ0) is 15.6. The van der Waals surface area contributed by atoms with Crippen LogP contribution in [0.15, 0.2) is 24.3 Å². The van der Waals surface area contributed by atoms with Crippen molar-refractivity contribution in [2.75, 3.05) is 7.11 Å². The molecule has 2 rings (SSSR count). The lowest BCUT2D eigenvalue weighted by molar-refractivity contribution is -0.139. The highest BCUT2D eigenvalue weighted by molar-refractivity contribution is 5.93. The number of carbonyl (C=O) groups excluding carboxylic acids is 1. The number of aliphatic hydroxyl groups excluding tert-OH is 2. The van der Waals surface area contributed by atoms with E-state index in [2.05, 4.69) is 4.74 Å². The number of fused-ring (bicyclic) bond motifs is 1. The molecule has 1 atom stereocenters. The molecule has 5 heteroatoms. The number of hydrogen-bond donors (Lipinski definition) is 3. The quantitative estimate of drug-likeness (QED) is 0.747. The predicted octanol–water partition coefficient (Wildman–Crippen LogP) is 1.81. The fourth-order valence-electron chi connectivity index (χ4n) is 2.53. The Kier molecular flexibility index (Phi) is 4.45. The second-order valence-electron chi connectivity index (χ2n) is 4.94. The van der Waals surface area contributed by atoms with Gasteiger partial charge in [0.05, 0.1) is 26.2 Å². The van der Waals surface area contributed by atoms with Crippen molar-refractivity contribution in [3.8, 4) is 5.75 Å². The van der Waals surface area contributed by atoms with Gasteiger partial charge in [0.1, 0.15) is 5.75 Å². The molecule has 0 aliphatic heterocycles. The van der Waals surface area contributed by atoms with Gasteiger partial charge in [0.15, 0.2) is 0 Å². The number of esters is 1. The van der Waals surface area contributed by atoms with Crippen LogP contribution in [-0.2, 0) is 22.6 Å². The fraction of sp³-hybridized carbons (Fsp3) is 0.312. The van der Waals surface area contributed by atoms with Crippen molar-refractivity contribution in [3.05, 3.63) is 41.0 Å². The highest BCUT2D eigenvalue weighted by Gasteiger charge is 2.16. The molecule has 0 radical (unpaired) electrons. The molecule has 3 N–H and O–H groups in total. The number of aliphatic hydroxyl groups is 2. The Hall–Kier alpha value is -2.11. The molecule has 0 saturated heterocycles. The van der Waals surface area contributed by atoms with Crippen molar-refractivity contribution in [2.45, 2.75) is 26.1 Å². The maximum Gasteiger partial charge on any atom is 0.309 e. The Morgan fingerprint density at radius 3 is 2.62 bits per heavy atom. The molecule has 0 fully saturated rings. The van der Waals surface area contributed by atoms with E-state index in [0.29, 0.717) is 27.5 Å². The molecule has 0 amide bonds. The molecule has 0 heterocycles. The van der Waals surface area contributed by atoms with Gasteiger partial charge in [-0.2, -0.15) is 0 Å². The molecule has 0 bridgehead atoms. The van der Waals surface area contributed by atoms with Crippen LogP contribution in [0.1, 0.15) is 29.7 Å². The highest BCUT2D eigenvalue weighted by Crippen LogP contribution is 2.35. The van der Waals surface area contributed by atoms with Crippen molar-refractivity contribution in [3.63, 3.8) is 0 Å². The number of hydrogen-bond acceptors (Lipinski definition) is 5. The Labute approximate surface area is 122 Å². The van der Waals surface area contributed by atoms with E-state index >= 15 is 0 Å². The summed E-state index contributed by atoms with van der Waals surface area (Å²) in [6.45, 7) is 1.36. The van der Waals surface area contributed by atoms with Crippen molar-refractivity contribution in [2.24, 2.45) is 0 Å². The first-order valence-corrected chi connectivity index (χ1v) is 6.61. The number of ether oxygens (including phenoxy) is 1. The van der Waals surface area contributed by atoms with Crippen LogP contribution in [0.5, 0.6) is 5.75 Å². The highest BCUT2D eigenvalue weighted by atomic mass is 16.5. The van der Waals surface area contributed by atoms with E-state index in [1.165, 1.54) is 13.2 Å². The summed E-state index contributed by atoms with van der Waals surface area (Å²) in [4.78, 5) is 11.3. The van der Waals surface area contributed by atoms with Gasteiger partial charge in [-0.3, -0.25) is 4.79 Å². The van der Waals surface area contributed by atoms with Gasteiger partial charge in [0.2, 0.25) is 0 Å². The Balaban J connectivity index is 2.64. The first kappa shape index (κ1) is 15.3. The summed E-state index contributed by atoms with van der Waals surface area (Å²) in [6.07, 6.45) is -0.764. The molecule has 0 spiro atoms. The number of aromatic hydroxyl groups is 1. The van der Waals surface area contributed by atoms with E-state index in [4.69, 9.17) is 0 Å². The monoisotopic (exact) mass is 290 g/mol. The molecule has 0 aliphatic carbocycles. The second kappa shape index (κ2) is 6.11. The number of carbonyl (C=O) groups is 1. The molecule has 0 aliphatic rings. The van der Waals surface area contributed by atoms with Crippen LogP contribution < -0.4 is 0 Å². The molecule has 2 aromatic carbocycles. The number of rotatable bonds is 4. The average Bonchev–Trinajstić information content (AvgIpc) is 2.45. The average molecular weight is 290 g/mol. The number of phenols is 1. The van der Waals surface area contributed by atoms with E-state index in [0.717, 1.165) is 0 Å². The second-order valence-corrected chi connectivity index (χ2v) is 4.94. The van der Waals surface area contributed by atoms with Gasteiger partial charge in [-0.05, 0) is 35.1 Å². The van der Waals surface area contributed by atoms with Gasteiger partial charge in [-0.15, -0.1) is 0 Å². The van der Waals surface area contributed by atoms with Crippen molar-refractivity contribution < 1.29 is 24.9 Å². The van der Waals surface area contributed by atoms with E-state index in [-0.39, 0.29) is 18.8 Å². The van der Waals surface area contributed by atoms with Crippen molar-refractivity contribution in [1.29, 1.82) is 0 Å². The van der Waals surface area contributed by atoms with Gasteiger partial charge >= 0.3 is 5.97 Å². The van der Waals surface area contributed by atoms with E-state index in [1.54, 1.807) is 25.1 Å². The van der Waals surface area contributed by atoms with Gasteiger partial charge < -0.3 is 20.1 Å². The van der Waals surface area contributed by atoms with Gasteiger partial charge in [-0.1, -0.05) is 18.2 Å². The summed E-state index contributed by atoms with van der Waals surface area (Å²) in [7, 11) is 1.31. The van der Waals surface area contributed by atoms with Crippen LogP contribution in [0, 0.1) is 0 Å². The van der Waals surface area contributed by atoms with Gasteiger partial charge in [0.25, 0.3) is 0 Å². The lowest BCUT2D eigenvalue weighted by Crippen LogP contribution is -2.05. The van der Waals surface area contributed by atoms with Crippen LogP contribution in [0.25, 0.3) is 10.8 Å². The Morgan fingerprint density at radius 2 is 2.05 bits per heavy atom. The van der Waals surface area contributed by atoms with Crippen LogP contribution in [0.4, 0.5) is 0 Å². The van der Waals surface area contributed by atoms with E-state index < -0.39 is 12.1 Å². The zero-order valence-electron chi connectivity index (χ0n) is 12.0. The molecule has 112 valence electrons. The number of methoxy groups -OCH3 is 1. The maximum atomic E-state index is 11.3. The largest absolute Gasteiger partial charge is 0.507 e. The molecule has 21 heavy (non-hydrogen) atoms.